The first-order valence-electron chi connectivity index (χ1n) is 9.08. The smallest absolute Gasteiger partial charge is 0.406 e. The summed E-state index contributed by atoms with van der Waals surface area (Å²) in [5.74, 6) is 0.338. The van der Waals surface area contributed by atoms with E-state index in [1.807, 2.05) is 12.1 Å². The molecule has 0 bridgehead atoms. The van der Waals surface area contributed by atoms with E-state index in [0.29, 0.717) is 23.6 Å². The molecule has 0 fully saturated rings. The third kappa shape index (κ3) is 6.31. The molecular formula is C20H20F3N5O2. The van der Waals surface area contributed by atoms with E-state index in [2.05, 4.69) is 30.3 Å². The first kappa shape index (κ1) is 21.3. The number of aliphatic hydroxyl groups excluding tert-OH is 1. The zero-order valence-electron chi connectivity index (χ0n) is 16.0. The second-order valence-electron chi connectivity index (χ2n) is 6.48. The summed E-state index contributed by atoms with van der Waals surface area (Å²) in [4.78, 5) is 12.8. The molecule has 0 amide bonds. The minimum atomic E-state index is -4.79. The van der Waals surface area contributed by atoms with Gasteiger partial charge in [-0.2, -0.15) is 4.98 Å². The zero-order valence-corrected chi connectivity index (χ0v) is 16.0. The summed E-state index contributed by atoms with van der Waals surface area (Å²) < 4.78 is 41.7. The lowest BCUT2D eigenvalue weighted by molar-refractivity contribution is -0.274. The van der Waals surface area contributed by atoms with Crippen molar-refractivity contribution in [3.63, 3.8) is 0 Å². The third-order valence-electron chi connectivity index (χ3n) is 3.94. The number of benzene rings is 1. The Morgan fingerprint density at radius 1 is 1.13 bits per heavy atom. The van der Waals surface area contributed by atoms with Gasteiger partial charge in [-0.25, -0.2) is 4.98 Å². The van der Waals surface area contributed by atoms with Crippen molar-refractivity contribution in [2.24, 2.45) is 0 Å². The molecule has 7 nitrogen and oxygen atoms in total. The summed E-state index contributed by atoms with van der Waals surface area (Å²) in [6.07, 6.45) is -1.41. The van der Waals surface area contributed by atoms with Crippen molar-refractivity contribution in [2.75, 3.05) is 17.2 Å². The molecule has 2 heterocycles. The summed E-state index contributed by atoms with van der Waals surface area (Å²) in [5, 5.41) is 15.4. The molecule has 2 aromatic heterocycles. The van der Waals surface area contributed by atoms with Crippen LogP contribution in [0.4, 0.5) is 24.9 Å². The van der Waals surface area contributed by atoms with Gasteiger partial charge in [0.05, 0.1) is 12.3 Å². The van der Waals surface area contributed by atoms with Crippen LogP contribution >= 0.6 is 0 Å². The Morgan fingerprint density at radius 2 is 1.97 bits per heavy atom. The Labute approximate surface area is 171 Å². The highest BCUT2D eigenvalue weighted by molar-refractivity contribution is 5.66. The SMILES string of the molecule is C[C@@H](CO)Nc1nc(NCc2cccnc2)cc(-c2cccc(OC(F)(F)F)c2)n1. The number of nitrogens with zero attached hydrogens (tertiary/aromatic N) is 3. The number of rotatable bonds is 8. The molecule has 1 atom stereocenters. The summed E-state index contributed by atoms with van der Waals surface area (Å²) >= 11 is 0. The van der Waals surface area contributed by atoms with Gasteiger partial charge in [0.2, 0.25) is 5.95 Å². The molecule has 30 heavy (non-hydrogen) atoms. The van der Waals surface area contributed by atoms with E-state index < -0.39 is 6.36 Å². The quantitative estimate of drug-likeness (QED) is 0.511. The van der Waals surface area contributed by atoms with Crippen LogP contribution < -0.4 is 15.4 Å². The second kappa shape index (κ2) is 9.40. The van der Waals surface area contributed by atoms with E-state index in [0.717, 1.165) is 5.56 Å². The highest BCUT2D eigenvalue weighted by atomic mass is 19.4. The summed E-state index contributed by atoms with van der Waals surface area (Å²) in [6, 6.07) is 10.6. The molecule has 0 saturated carbocycles. The van der Waals surface area contributed by atoms with E-state index in [-0.39, 0.29) is 24.3 Å². The Hall–Kier alpha value is -3.40. The lowest BCUT2D eigenvalue weighted by Crippen LogP contribution is -2.21. The monoisotopic (exact) mass is 419 g/mol. The number of alkyl halides is 3. The minimum absolute atomic E-state index is 0.138. The maximum atomic E-state index is 12.6. The molecule has 158 valence electrons. The van der Waals surface area contributed by atoms with Gasteiger partial charge < -0.3 is 20.5 Å². The molecule has 0 aliphatic heterocycles. The van der Waals surface area contributed by atoms with Gasteiger partial charge in [0.25, 0.3) is 0 Å². The Balaban J connectivity index is 1.90. The van der Waals surface area contributed by atoms with E-state index in [1.165, 1.54) is 18.2 Å². The minimum Gasteiger partial charge on any atom is -0.406 e. The average molecular weight is 419 g/mol. The highest BCUT2D eigenvalue weighted by Crippen LogP contribution is 2.28. The van der Waals surface area contributed by atoms with Crippen LogP contribution in [0.2, 0.25) is 0 Å². The molecule has 10 heteroatoms. The highest BCUT2D eigenvalue weighted by Gasteiger charge is 2.31. The number of hydrogen-bond donors (Lipinski definition) is 3. The normalized spacial score (nSPS) is 12.3. The Morgan fingerprint density at radius 3 is 2.67 bits per heavy atom. The molecule has 0 radical (unpaired) electrons. The van der Waals surface area contributed by atoms with E-state index in [4.69, 9.17) is 0 Å². The molecule has 3 aromatic rings. The van der Waals surface area contributed by atoms with Crippen molar-refractivity contribution in [1.29, 1.82) is 0 Å². The molecule has 3 rings (SSSR count). The number of hydrogen-bond acceptors (Lipinski definition) is 7. The number of ether oxygens (including phenoxy) is 1. The number of pyridine rings is 1. The standard InChI is InChI=1S/C20H20F3N5O2/c1-13(12-29)26-19-27-17(15-5-2-6-16(8-15)30-20(21,22)23)9-18(28-19)25-11-14-4-3-7-24-10-14/h2-10,13,29H,11-12H2,1H3,(H2,25,26,27,28)/t13-/m0/s1. The summed E-state index contributed by atoms with van der Waals surface area (Å²) in [5.41, 5.74) is 1.73. The Kier molecular flexibility index (Phi) is 6.68. The molecule has 3 N–H and O–H groups in total. The van der Waals surface area contributed by atoms with Crippen LogP contribution in [-0.2, 0) is 6.54 Å². The van der Waals surface area contributed by atoms with E-state index >= 15 is 0 Å². The van der Waals surface area contributed by atoms with Gasteiger partial charge in [0.1, 0.15) is 11.6 Å². The number of aromatic nitrogens is 3. The predicted octanol–water partition coefficient (Wildman–Crippen LogP) is 3.84. The van der Waals surface area contributed by atoms with E-state index in [9.17, 15) is 18.3 Å². The average Bonchev–Trinajstić information content (AvgIpc) is 2.72. The fraction of sp³-hybridized carbons (Fsp3) is 0.250. The lowest BCUT2D eigenvalue weighted by atomic mass is 10.1. The van der Waals surface area contributed by atoms with Gasteiger partial charge in [-0.3, -0.25) is 4.98 Å². The summed E-state index contributed by atoms with van der Waals surface area (Å²) in [6.45, 7) is 2.05. The first-order valence-corrected chi connectivity index (χ1v) is 9.08. The van der Waals surface area contributed by atoms with Gasteiger partial charge in [-0.1, -0.05) is 18.2 Å². The Bertz CT molecular complexity index is 970. The number of aliphatic hydroxyl groups is 1. The first-order chi connectivity index (χ1) is 14.3. The van der Waals surface area contributed by atoms with Crippen molar-refractivity contribution in [2.45, 2.75) is 25.9 Å². The van der Waals surface area contributed by atoms with Gasteiger partial charge in [-0.05, 0) is 30.7 Å². The van der Waals surface area contributed by atoms with Crippen molar-refractivity contribution in [3.05, 3.63) is 60.4 Å². The van der Waals surface area contributed by atoms with Crippen LogP contribution in [0.5, 0.6) is 5.75 Å². The molecule has 0 aliphatic rings. The maximum Gasteiger partial charge on any atom is 0.573 e. The van der Waals surface area contributed by atoms with Crippen molar-refractivity contribution >= 4 is 11.8 Å². The van der Waals surface area contributed by atoms with Crippen molar-refractivity contribution < 1.29 is 23.0 Å². The predicted molar refractivity (Wildman–Crippen MR) is 106 cm³/mol. The van der Waals surface area contributed by atoms with Crippen LogP contribution in [0.3, 0.4) is 0 Å². The number of anilines is 2. The van der Waals surface area contributed by atoms with Crippen LogP contribution in [-0.4, -0.2) is 39.1 Å². The fourth-order valence-corrected chi connectivity index (χ4v) is 2.56. The molecular weight excluding hydrogens is 399 g/mol. The lowest BCUT2D eigenvalue weighted by Gasteiger charge is -2.15. The van der Waals surface area contributed by atoms with Crippen LogP contribution in [0.1, 0.15) is 12.5 Å². The van der Waals surface area contributed by atoms with Crippen molar-refractivity contribution in [3.8, 4) is 17.0 Å². The summed E-state index contributed by atoms with van der Waals surface area (Å²) in [7, 11) is 0. The van der Waals surface area contributed by atoms with Crippen LogP contribution in [0, 0.1) is 0 Å². The van der Waals surface area contributed by atoms with Crippen molar-refractivity contribution in [1.82, 2.24) is 15.0 Å². The van der Waals surface area contributed by atoms with E-state index in [1.54, 1.807) is 31.5 Å². The van der Waals surface area contributed by atoms with Gasteiger partial charge in [-0.15, -0.1) is 13.2 Å². The van der Waals surface area contributed by atoms with Gasteiger partial charge in [0.15, 0.2) is 0 Å². The second-order valence-corrected chi connectivity index (χ2v) is 6.48. The molecule has 0 aliphatic carbocycles. The molecule has 0 spiro atoms. The van der Waals surface area contributed by atoms with Crippen LogP contribution in [0.15, 0.2) is 54.9 Å². The zero-order chi connectivity index (χ0) is 21.6. The number of halogens is 3. The number of nitrogens with one attached hydrogen (secondary N) is 2. The van der Waals surface area contributed by atoms with Gasteiger partial charge >= 0.3 is 6.36 Å². The molecule has 0 unspecified atom stereocenters. The largest absolute Gasteiger partial charge is 0.573 e. The molecule has 0 saturated heterocycles. The topological polar surface area (TPSA) is 92.2 Å². The molecule has 1 aromatic carbocycles. The third-order valence-corrected chi connectivity index (χ3v) is 3.94. The van der Waals surface area contributed by atoms with Crippen LogP contribution in [0.25, 0.3) is 11.3 Å². The maximum absolute atomic E-state index is 12.6. The van der Waals surface area contributed by atoms with Gasteiger partial charge in [0, 0.05) is 36.6 Å². The fourth-order valence-electron chi connectivity index (χ4n) is 2.56.